The van der Waals surface area contributed by atoms with Gasteiger partial charge in [-0.15, -0.1) is 0 Å². The fourth-order valence-corrected chi connectivity index (χ4v) is 5.12. The fraction of sp³-hybridized carbons (Fsp3) is 0.944. The maximum atomic E-state index is 12.2. The topological polar surface area (TPSA) is 53.6 Å². The molecule has 5 heteroatoms. The Bertz CT molecular complexity index is 457. The number of hydrogen-bond acceptors (Lipinski definition) is 3. The molecule has 2 amide bonds. The number of rotatable bonds is 5. The minimum absolute atomic E-state index is 0.0179. The first-order valence-corrected chi connectivity index (χ1v) is 9.55. The SMILES string of the molecule is CCN1CCC(CNC(=O)NC[C@]23C[C@H]2COC32CCC2)CC1. The number of nitrogens with zero attached hydrogens (tertiary/aromatic N) is 1. The predicted molar refractivity (Wildman–Crippen MR) is 89.3 cm³/mol. The Morgan fingerprint density at radius 1 is 1.26 bits per heavy atom. The summed E-state index contributed by atoms with van der Waals surface area (Å²) in [5, 5.41) is 6.25. The van der Waals surface area contributed by atoms with E-state index in [1.54, 1.807) is 0 Å². The highest BCUT2D eigenvalue weighted by Gasteiger charge is 2.73. The molecule has 2 saturated heterocycles. The van der Waals surface area contributed by atoms with Gasteiger partial charge in [0.05, 0.1) is 12.2 Å². The number of urea groups is 1. The highest BCUT2D eigenvalue weighted by Crippen LogP contribution is 2.70. The van der Waals surface area contributed by atoms with E-state index in [2.05, 4.69) is 22.5 Å². The third kappa shape index (κ3) is 2.66. The van der Waals surface area contributed by atoms with Gasteiger partial charge in [-0.25, -0.2) is 4.79 Å². The minimum Gasteiger partial charge on any atom is -0.374 e. The van der Waals surface area contributed by atoms with Crippen molar-refractivity contribution < 1.29 is 9.53 Å². The normalized spacial score (nSPS) is 35.6. The number of nitrogens with one attached hydrogen (secondary N) is 2. The van der Waals surface area contributed by atoms with Crippen molar-refractivity contribution in [3.8, 4) is 0 Å². The van der Waals surface area contributed by atoms with Gasteiger partial charge in [-0.1, -0.05) is 6.92 Å². The highest BCUT2D eigenvalue weighted by atomic mass is 16.5. The molecule has 4 aliphatic rings. The Morgan fingerprint density at radius 3 is 2.65 bits per heavy atom. The van der Waals surface area contributed by atoms with Gasteiger partial charge >= 0.3 is 6.03 Å². The summed E-state index contributed by atoms with van der Waals surface area (Å²) in [5.74, 6) is 1.34. The fourth-order valence-electron chi connectivity index (χ4n) is 5.12. The van der Waals surface area contributed by atoms with Crippen molar-refractivity contribution in [3.63, 3.8) is 0 Å². The van der Waals surface area contributed by atoms with Gasteiger partial charge in [0.15, 0.2) is 0 Å². The quantitative estimate of drug-likeness (QED) is 0.814. The number of carbonyl (C=O) groups excluding carboxylic acids is 1. The largest absolute Gasteiger partial charge is 0.374 e. The summed E-state index contributed by atoms with van der Waals surface area (Å²) in [6, 6.07) is 0.0179. The Kier molecular flexibility index (Phi) is 4.04. The van der Waals surface area contributed by atoms with Crippen LogP contribution in [0.4, 0.5) is 4.79 Å². The van der Waals surface area contributed by atoms with E-state index in [9.17, 15) is 4.79 Å². The maximum absolute atomic E-state index is 12.2. The van der Waals surface area contributed by atoms with Crippen LogP contribution in [0.15, 0.2) is 0 Å². The first kappa shape index (κ1) is 15.7. The molecule has 0 unspecified atom stereocenters. The molecule has 2 atom stereocenters. The summed E-state index contributed by atoms with van der Waals surface area (Å²) in [6.45, 7) is 8.26. The first-order valence-electron chi connectivity index (χ1n) is 9.55. The molecule has 2 N–H and O–H groups in total. The molecule has 0 bridgehead atoms. The molecule has 23 heavy (non-hydrogen) atoms. The van der Waals surface area contributed by atoms with Crippen molar-refractivity contribution in [1.29, 1.82) is 0 Å². The van der Waals surface area contributed by atoms with E-state index in [0.29, 0.717) is 11.8 Å². The summed E-state index contributed by atoms with van der Waals surface area (Å²) in [7, 11) is 0. The second-order valence-electron chi connectivity index (χ2n) is 8.16. The maximum Gasteiger partial charge on any atom is 0.314 e. The predicted octanol–water partition coefficient (Wildman–Crippen LogP) is 1.98. The van der Waals surface area contributed by atoms with Crippen LogP contribution in [0.2, 0.25) is 0 Å². The molecule has 0 aromatic rings. The zero-order valence-electron chi connectivity index (χ0n) is 14.4. The number of amides is 2. The van der Waals surface area contributed by atoms with Crippen molar-refractivity contribution in [3.05, 3.63) is 0 Å². The van der Waals surface area contributed by atoms with Crippen LogP contribution in [0, 0.1) is 17.3 Å². The molecule has 2 aliphatic carbocycles. The standard InChI is InChI=1S/C18H31N3O2/c1-2-21-8-4-14(5-9-21)11-19-16(22)20-13-17-10-15(17)12-23-18(17)6-3-7-18/h14-15H,2-13H2,1H3,(H2,19,20,22)/t15-,17+/m0/s1. The van der Waals surface area contributed by atoms with Gasteiger partial charge in [0.2, 0.25) is 0 Å². The lowest BCUT2D eigenvalue weighted by molar-refractivity contribution is -0.109. The molecular formula is C18H31N3O2. The monoisotopic (exact) mass is 321 g/mol. The molecule has 0 aromatic heterocycles. The van der Waals surface area contributed by atoms with Crippen molar-refractivity contribution >= 4 is 6.03 Å². The molecule has 2 heterocycles. The number of piperidine rings is 1. The lowest BCUT2D eigenvalue weighted by atomic mass is 9.68. The van der Waals surface area contributed by atoms with Gasteiger partial charge in [-0.3, -0.25) is 0 Å². The van der Waals surface area contributed by atoms with Crippen LogP contribution in [0.5, 0.6) is 0 Å². The molecule has 2 saturated carbocycles. The van der Waals surface area contributed by atoms with Crippen LogP contribution in [0.25, 0.3) is 0 Å². The van der Waals surface area contributed by atoms with E-state index in [4.69, 9.17) is 4.74 Å². The lowest BCUT2D eigenvalue weighted by Crippen LogP contribution is -2.52. The Labute approximate surface area is 139 Å². The Hall–Kier alpha value is -0.810. The summed E-state index contributed by atoms with van der Waals surface area (Å²) in [5.41, 5.74) is 0.396. The summed E-state index contributed by atoms with van der Waals surface area (Å²) < 4.78 is 6.07. The number of ether oxygens (including phenoxy) is 1. The smallest absolute Gasteiger partial charge is 0.314 e. The lowest BCUT2D eigenvalue weighted by Gasteiger charge is -2.45. The second-order valence-corrected chi connectivity index (χ2v) is 8.16. The molecule has 5 nitrogen and oxygen atoms in total. The minimum atomic E-state index is 0.0179. The zero-order valence-corrected chi connectivity index (χ0v) is 14.4. The van der Waals surface area contributed by atoms with Crippen LogP contribution in [0.1, 0.15) is 45.4 Å². The van der Waals surface area contributed by atoms with Crippen molar-refractivity contribution in [2.75, 3.05) is 39.3 Å². The van der Waals surface area contributed by atoms with E-state index in [-0.39, 0.29) is 17.0 Å². The molecule has 0 radical (unpaired) electrons. The number of likely N-dealkylation sites (tertiary alicyclic amines) is 1. The number of fused-ring (bicyclic) bond motifs is 2. The molecule has 130 valence electrons. The summed E-state index contributed by atoms with van der Waals surface area (Å²) >= 11 is 0. The van der Waals surface area contributed by atoms with Gasteiger partial charge in [-0.05, 0) is 70.0 Å². The molecular weight excluding hydrogens is 290 g/mol. The van der Waals surface area contributed by atoms with Crippen LogP contribution in [-0.4, -0.2) is 55.9 Å². The van der Waals surface area contributed by atoms with Crippen LogP contribution < -0.4 is 10.6 Å². The average molecular weight is 321 g/mol. The third-order valence-electron chi connectivity index (χ3n) is 7.13. The van der Waals surface area contributed by atoms with Gasteiger partial charge in [-0.2, -0.15) is 0 Å². The molecule has 1 spiro atoms. The van der Waals surface area contributed by atoms with E-state index in [1.807, 2.05) is 0 Å². The van der Waals surface area contributed by atoms with Crippen LogP contribution in [-0.2, 0) is 4.74 Å². The van der Waals surface area contributed by atoms with Gasteiger partial charge in [0.25, 0.3) is 0 Å². The van der Waals surface area contributed by atoms with E-state index < -0.39 is 0 Å². The van der Waals surface area contributed by atoms with E-state index in [0.717, 1.165) is 26.2 Å². The van der Waals surface area contributed by atoms with Gasteiger partial charge < -0.3 is 20.3 Å². The van der Waals surface area contributed by atoms with Crippen molar-refractivity contribution in [2.24, 2.45) is 17.3 Å². The molecule has 4 fully saturated rings. The van der Waals surface area contributed by atoms with Gasteiger partial charge in [0, 0.05) is 18.5 Å². The zero-order chi connectivity index (χ0) is 15.9. The van der Waals surface area contributed by atoms with E-state index in [1.165, 1.54) is 51.6 Å². The average Bonchev–Trinajstić information content (AvgIpc) is 3.16. The Morgan fingerprint density at radius 2 is 2.04 bits per heavy atom. The molecule has 0 aromatic carbocycles. The number of carbonyl (C=O) groups is 1. The third-order valence-corrected chi connectivity index (χ3v) is 7.13. The molecule has 2 aliphatic heterocycles. The second kappa shape index (κ2) is 5.92. The Balaban J connectivity index is 1.18. The van der Waals surface area contributed by atoms with Crippen LogP contribution in [0.3, 0.4) is 0 Å². The summed E-state index contributed by atoms with van der Waals surface area (Å²) in [4.78, 5) is 14.7. The van der Waals surface area contributed by atoms with Crippen molar-refractivity contribution in [2.45, 2.75) is 51.0 Å². The van der Waals surface area contributed by atoms with Crippen molar-refractivity contribution in [1.82, 2.24) is 15.5 Å². The van der Waals surface area contributed by atoms with E-state index >= 15 is 0 Å². The molecule has 4 rings (SSSR count). The van der Waals surface area contributed by atoms with Gasteiger partial charge in [0.1, 0.15) is 0 Å². The summed E-state index contributed by atoms with van der Waals surface area (Å²) in [6.07, 6.45) is 7.35. The van der Waals surface area contributed by atoms with Crippen LogP contribution >= 0.6 is 0 Å². The highest BCUT2D eigenvalue weighted by molar-refractivity contribution is 5.74. The number of hydrogen-bond donors (Lipinski definition) is 2. The first-order chi connectivity index (χ1) is 11.2.